The molecule has 0 saturated carbocycles. The number of rotatable bonds is 2. The Labute approximate surface area is 117 Å². The standard InChI is InChI=1S/C15H14ClN3/c16-15-18-13(11-7-3-1-4-8-11)17-14(19-15)12-9-5-2-6-10-12/h1-10,13-14,17H,(H,18,19). The number of nitrogens with zero attached hydrogens (tertiary/aromatic N) is 1. The van der Waals surface area contributed by atoms with Gasteiger partial charge < -0.3 is 5.32 Å². The molecule has 3 rings (SSSR count). The average Bonchev–Trinajstić information content (AvgIpc) is 2.48. The summed E-state index contributed by atoms with van der Waals surface area (Å²) in [4.78, 5) is 4.39. The molecular weight excluding hydrogens is 258 g/mol. The monoisotopic (exact) mass is 271 g/mol. The maximum Gasteiger partial charge on any atom is 0.194 e. The second-order valence-electron chi connectivity index (χ2n) is 4.39. The van der Waals surface area contributed by atoms with Crippen molar-refractivity contribution in [2.24, 2.45) is 4.99 Å². The average molecular weight is 272 g/mol. The van der Waals surface area contributed by atoms with E-state index < -0.39 is 0 Å². The maximum atomic E-state index is 6.10. The van der Waals surface area contributed by atoms with Gasteiger partial charge in [0.25, 0.3) is 0 Å². The molecule has 0 spiro atoms. The van der Waals surface area contributed by atoms with E-state index >= 15 is 0 Å². The predicted molar refractivity (Wildman–Crippen MR) is 77.9 cm³/mol. The number of benzene rings is 2. The third kappa shape index (κ3) is 2.78. The third-order valence-electron chi connectivity index (χ3n) is 3.08. The fourth-order valence-corrected chi connectivity index (χ4v) is 2.34. The van der Waals surface area contributed by atoms with Crippen LogP contribution in [0.5, 0.6) is 0 Å². The number of aliphatic imine (C=N–C) groups is 1. The Morgan fingerprint density at radius 3 is 2.05 bits per heavy atom. The quantitative estimate of drug-likeness (QED) is 0.823. The minimum Gasteiger partial charge on any atom is -0.341 e. The Hall–Kier alpha value is -1.84. The van der Waals surface area contributed by atoms with Gasteiger partial charge in [-0.1, -0.05) is 60.7 Å². The highest BCUT2D eigenvalue weighted by atomic mass is 35.5. The van der Waals surface area contributed by atoms with Gasteiger partial charge in [0.05, 0.1) is 0 Å². The number of halogens is 1. The molecule has 2 aromatic rings. The van der Waals surface area contributed by atoms with Crippen molar-refractivity contribution in [3.63, 3.8) is 0 Å². The van der Waals surface area contributed by atoms with E-state index in [2.05, 4.69) is 27.8 Å². The summed E-state index contributed by atoms with van der Waals surface area (Å²) in [7, 11) is 0. The van der Waals surface area contributed by atoms with Gasteiger partial charge in [0, 0.05) is 0 Å². The largest absolute Gasteiger partial charge is 0.341 e. The van der Waals surface area contributed by atoms with Crippen LogP contribution in [0.3, 0.4) is 0 Å². The van der Waals surface area contributed by atoms with Gasteiger partial charge in [0.1, 0.15) is 12.3 Å². The van der Waals surface area contributed by atoms with E-state index in [4.69, 9.17) is 11.6 Å². The van der Waals surface area contributed by atoms with Gasteiger partial charge in [-0.2, -0.15) is 0 Å². The molecule has 1 aliphatic rings. The third-order valence-corrected chi connectivity index (χ3v) is 3.29. The predicted octanol–water partition coefficient (Wildman–Crippen LogP) is 3.17. The summed E-state index contributed by atoms with van der Waals surface area (Å²) in [5.74, 6) is 0. The van der Waals surface area contributed by atoms with Crippen molar-refractivity contribution < 1.29 is 0 Å². The summed E-state index contributed by atoms with van der Waals surface area (Å²) in [6, 6.07) is 20.2. The fourth-order valence-electron chi connectivity index (χ4n) is 2.14. The molecule has 19 heavy (non-hydrogen) atoms. The number of nitrogens with one attached hydrogen (secondary N) is 2. The molecule has 3 nitrogen and oxygen atoms in total. The van der Waals surface area contributed by atoms with Crippen LogP contribution in [-0.2, 0) is 0 Å². The summed E-state index contributed by atoms with van der Waals surface area (Å²) in [6.45, 7) is 0. The van der Waals surface area contributed by atoms with E-state index in [9.17, 15) is 0 Å². The van der Waals surface area contributed by atoms with Crippen LogP contribution in [0, 0.1) is 0 Å². The fraction of sp³-hybridized carbons (Fsp3) is 0.133. The van der Waals surface area contributed by atoms with Gasteiger partial charge in [-0.15, -0.1) is 0 Å². The van der Waals surface area contributed by atoms with Crippen LogP contribution in [0.15, 0.2) is 65.7 Å². The minimum atomic E-state index is -0.125. The lowest BCUT2D eigenvalue weighted by molar-refractivity contribution is 0.412. The van der Waals surface area contributed by atoms with E-state index in [1.54, 1.807) is 0 Å². The Kier molecular flexibility index (Phi) is 3.49. The molecule has 1 heterocycles. The first-order valence-corrected chi connectivity index (χ1v) is 6.56. The van der Waals surface area contributed by atoms with Crippen molar-refractivity contribution in [1.29, 1.82) is 0 Å². The van der Waals surface area contributed by atoms with Gasteiger partial charge >= 0.3 is 0 Å². The first-order valence-electron chi connectivity index (χ1n) is 6.19. The molecule has 0 bridgehead atoms. The van der Waals surface area contributed by atoms with Gasteiger partial charge in [0.15, 0.2) is 5.29 Å². The summed E-state index contributed by atoms with van der Waals surface area (Å²) in [5, 5.41) is 7.00. The normalized spacial score (nSPS) is 22.5. The van der Waals surface area contributed by atoms with E-state index in [1.807, 2.05) is 48.5 Å². The van der Waals surface area contributed by atoms with Crippen LogP contribution in [-0.4, -0.2) is 5.29 Å². The first-order chi connectivity index (χ1) is 9.33. The number of hydrogen-bond acceptors (Lipinski definition) is 3. The summed E-state index contributed by atoms with van der Waals surface area (Å²) < 4.78 is 0. The first kappa shape index (κ1) is 12.2. The van der Waals surface area contributed by atoms with Crippen molar-refractivity contribution in [3.05, 3.63) is 71.8 Å². The molecule has 96 valence electrons. The Morgan fingerprint density at radius 1 is 0.842 bits per heavy atom. The molecular formula is C15H14ClN3. The van der Waals surface area contributed by atoms with Crippen molar-refractivity contribution in [2.45, 2.75) is 12.3 Å². The van der Waals surface area contributed by atoms with Crippen LogP contribution in [0.25, 0.3) is 0 Å². The minimum absolute atomic E-state index is 0.0311. The maximum absolute atomic E-state index is 6.10. The zero-order valence-corrected chi connectivity index (χ0v) is 11.0. The van der Waals surface area contributed by atoms with E-state index in [0.29, 0.717) is 5.29 Å². The van der Waals surface area contributed by atoms with Gasteiger partial charge in [-0.25, -0.2) is 4.99 Å². The van der Waals surface area contributed by atoms with E-state index in [0.717, 1.165) is 11.1 Å². The lowest BCUT2D eigenvalue weighted by Gasteiger charge is -2.29. The number of hydrogen-bond donors (Lipinski definition) is 2. The highest BCUT2D eigenvalue weighted by Gasteiger charge is 2.23. The lowest BCUT2D eigenvalue weighted by atomic mass is 10.1. The topological polar surface area (TPSA) is 36.4 Å². The molecule has 1 aliphatic heterocycles. The molecule has 4 heteroatoms. The Balaban J connectivity index is 1.87. The Morgan fingerprint density at radius 2 is 1.42 bits per heavy atom. The molecule has 2 unspecified atom stereocenters. The molecule has 0 fully saturated rings. The van der Waals surface area contributed by atoms with E-state index in [1.165, 1.54) is 0 Å². The van der Waals surface area contributed by atoms with Crippen molar-refractivity contribution in [2.75, 3.05) is 0 Å². The highest BCUT2D eigenvalue weighted by molar-refractivity contribution is 6.64. The second kappa shape index (κ2) is 5.43. The molecule has 0 saturated heterocycles. The van der Waals surface area contributed by atoms with Crippen molar-refractivity contribution in [3.8, 4) is 0 Å². The summed E-state index contributed by atoms with van der Waals surface area (Å²) >= 11 is 6.10. The molecule has 0 amide bonds. The Bertz CT molecular complexity index is 568. The van der Waals surface area contributed by atoms with Gasteiger partial charge in [-0.3, -0.25) is 5.32 Å². The summed E-state index contributed by atoms with van der Waals surface area (Å²) in [6.07, 6.45) is -0.156. The lowest BCUT2D eigenvalue weighted by Crippen LogP contribution is -2.42. The van der Waals surface area contributed by atoms with Crippen molar-refractivity contribution >= 4 is 16.9 Å². The molecule has 0 aliphatic carbocycles. The highest BCUT2D eigenvalue weighted by Crippen LogP contribution is 2.23. The molecule has 0 aromatic heterocycles. The van der Waals surface area contributed by atoms with Crippen molar-refractivity contribution in [1.82, 2.24) is 10.6 Å². The van der Waals surface area contributed by atoms with E-state index in [-0.39, 0.29) is 12.3 Å². The van der Waals surface area contributed by atoms with Crippen LogP contribution in [0.4, 0.5) is 0 Å². The van der Waals surface area contributed by atoms with Crippen LogP contribution >= 0.6 is 11.6 Å². The van der Waals surface area contributed by atoms with Crippen LogP contribution < -0.4 is 10.6 Å². The molecule has 2 aromatic carbocycles. The number of amidine groups is 1. The molecule has 2 N–H and O–H groups in total. The van der Waals surface area contributed by atoms with Gasteiger partial charge in [0.2, 0.25) is 0 Å². The molecule has 2 atom stereocenters. The second-order valence-corrected chi connectivity index (χ2v) is 4.75. The zero-order valence-electron chi connectivity index (χ0n) is 10.3. The summed E-state index contributed by atoms with van der Waals surface area (Å²) in [5.41, 5.74) is 2.24. The van der Waals surface area contributed by atoms with Crippen LogP contribution in [0.2, 0.25) is 0 Å². The van der Waals surface area contributed by atoms with Crippen LogP contribution in [0.1, 0.15) is 23.5 Å². The zero-order chi connectivity index (χ0) is 13.1. The molecule has 0 radical (unpaired) electrons. The van der Waals surface area contributed by atoms with Gasteiger partial charge in [-0.05, 0) is 22.7 Å². The SMILES string of the molecule is ClC1=NC(c2ccccc2)NC(c2ccccc2)N1. The smallest absolute Gasteiger partial charge is 0.194 e.